The molecule has 1 heterocycles. The van der Waals surface area contributed by atoms with Crippen molar-refractivity contribution in [3.8, 4) is 22.8 Å². The number of carbonyl (C=O) groups is 1. The molecule has 2 aromatic carbocycles. The predicted octanol–water partition coefficient (Wildman–Crippen LogP) is 4.24. The van der Waals surface area contributed by atoms with Gasteiger partial charge in [-0.1, -0.05) is 11.6 Å². The minimum Gasteiger partial charge on any atom is -0.493 e. The molecule has 0 spiro atoms. The Labute approximate surface area is 183 Å². The summed E-state index contributed by atoms with van der Waals surface area (Å²) in [5, 5.41) is 15.3. The Balaban J connectivity index is 1.72. The molecule has 0 unspecified atom stereocenters. The Hall–Kier alpha value is -3.07. The van der Waals surface area contributed by atoms with Crippen molar-refractivity contribution in [1.29, 1.82) is 0 Å². The minimum absolute atomic E-state index is 0.110. The lowest BCUT2D eigenvalue weighted by Gasteiger charge is -2.12. The number of furan rings is 1. The number of rotatable bonds is 6. The first-order valence-corrected chi connectivity index (χ1v) is 9.57. The maximum Gasteiger partial charge on any atom is 0.257 e. The second kappa shape index (κ2) is 9.62. The molecule has 9 heteroatoms. The Bertz CT molecular complexity index is 1080. The van der Waals surface area contributed by atoms with Gasteiger partial charge in [0.05, 0.1) is 19.2 Å². The first kappa shape index (κ1) is 21.6. The van der Waals surface area contributed by atoms with Crippen molar-refractivity contribution in [2.45, 2.75) is 6.61 Å². The summed E-state index contributed by atoms with van der Waals surface area (Å²) in [5.74, 6) is 1.49. The zero-order valence-electron chi connectivity index (χ0n) is 16.2. The molecule has 3 rings (SSSR count). The minimum atomic E-state index is -0.402. The number of thiocarbonyl (C=S) groups is 1. The van der Waals surface area contributed by atoms with E-state index in [4.69, 9.17) is 42.8 Å². The first-order valence-electron chi connectivity index (χ1n) is 8.79. The van der Waals surface area contributed by atoms with Crippen molar-refractivity contribution in [2.24, 2.45) is 0 Å². The molecule has 156 valence electrons. The van der Waals surface area contributed by atoms with Crippen molar-refractivity contribution in [2.75, 3.05) is 19.5 Å². The van der Waals surface area contributed by atoms with Gasteiger partial charge in [-0.15, -0.1) is 0 Å². The van der Waals surface area contributed by atoms with Gasteiger partial charge in [0, 0.05) is 16.8 Å². The van der Waals surface area contributed by atoms with Gasteiger partial charge in [-0.05, 0) is 60.7 Å². The highest BCUT2D eigenvalue weighted by molar-refractivity contribution is 7.80. The van der Waals surface area contributed by atoms with Gasteiger partial charge in [-0.2, -0.15) is 0 Å². The van der Waals surface area contributed by atoms with Crippen LogP contribution in [0.4, 0.5) is 5.69 Å². The number of nitrogens with one attached hydrogen (secondary N) is 2. The molecule has 1 aromatic heterocycles. The molecule has 0 saturated carbocycles. The number of ether oxygens (including phenoxy) is 2. The maximum absolute atomic E-state index is 12.5. The molecular weight excluding hydrogens is 428 g/mol. The molecule has 0 fully saturated rings. The standard InChI is InChI=1S/C21H19ClN2O5S/c1-27-18-7-3-12(9-19(18)28-2)20(26)24-21(30)23-13-4-6-16(22)15(10-13)17-8-5-14(11-25)29-17/h3-10,25H,11H2,1-2H3,(H2,23,24,26,30). The average molecular weight is 447 g/mol. The number of methoxy groups -OCH3 is 2. The Morgan fingerprint density at radius 2 is 1.87 bits per heavy atom. The third kappa shape index (κ3) is 4.91. The summed E-state index contributed by atoms with van der Waals surface area (Å²) in [7, 11) is 3.01. The number of aliphatic hydroxyl groups excluding tert-OH is 1. The fraction of sp³-hybridized carbons (Fsp3) is 0.143. The van der Waals surface area contributed by atoms with Crippen LogP contribution in [0.25, 0.3) is 11.3 Å². The van der Waals surface area contributed by atoms with Crippen LogP contribution >= 0.6 is 23.8 Å². The summed E-state index contributed by atoms with van der Waals surface area (Å²) in [6.07, 6.45) is 0. The van der Waals surface area contributed by atoms with Crippen LogP contribution in [0, 0.1) is 0 Å². The van der Waals surface area contributed by atoms with E-state index in [9.17, 15) is 4.79 Å². The van der Waals surface area contributed by atoms with Crippen LogP contribution in [0.5, 0.6) is 11.5 Å². The molecule has 0 aliphatic heterocycles. The summed E-state index contributed by atoms with van der Waals surface area (Å²) in [6.45, 7) is -0.207. The molecular formula is C21H19ClN2O5S. The van der Waals surface area contributed by atoms with Gasteiger partial charge in [0.1, 0.15) is 18.1 Å². The second-order valence-electron chi connectivity index (χ2n) is 6.10. The van der Waals surface area contributed by atoms with Crippen LogP contribution in [-0.4, -0.2) is 30.3 Å². The highest BCUT2D eigenvalue weighted by Gasteiger charge is 2.14. The number of benzene rings is 2. The van der Waals surface area contributed by atoms with Crippen LogP contribution < -0.4 is 20.1 Å². The molecule has 0 aliphatic carbocycles. The molecule has 30 heavy (non-hydrogen) atoms. The van der Waals surface area contributed by atoms with E-state index < -0.39 is 5.91 Å². The van der Waals surface area contributed by atoms with Crippen molar-refractivity contribution in [3.63, 3.8) is 0 Å². The summed E-state index contributed by atoms with van der Waals surface area (Å²) in [6, 6.07) is 13.3. The third-order valence-corrected chi connectivity index (χ3v) is 4.71. The summed E-state index contributed by atoms with van der Waals surface area (Å²) >= 11 is 11.5. The van der Waals surface area contributed by atoms with Crippen LogP contribution in [0.3, 0.4) is 0 Å². The molecule has 7 nitrogen and oxygen atoms in total. The van der Waals surface area contributed by atoms with Gasteiger partial charge >= 0.3 is 0 Å². The van der Waals surface area contributed by atoms with Crippen molar-refractivity contribution in [1.82, 2.24) is 5.32 Å². The van der Waals surface area contributed by atoms with E-state index >= 15 is 0 Å². The third-order valence-electron chi connectivity index (χ3n) is 4.18. The summed E-state index contributed by atoms with van der Waals surface area (Å²) in [4.78, 5) is 12.5. The first-order chi connectivity index (χ1) is 14.4. The Kier molecular flexibility index (Phi) is 6.94. The zero-order valence-corrected chi connectivity index (χ0v) is 17.8. The predicted molar refractivity (Wildman–Crippen MR) is 118 cm³/mol. The van der Waals surface area contributed by atoms with E-state index in [2.05, 4.69) is 10.6 Å². The van der Waals surface area contributed by atoms with E-state index in [1.54, 1.807) is 48.5 Å². The highest BCUT2D eigenvalue weighted by atomic mass is 35.5. The second-order valence-corrected chi connectivity index (χ2v) is 6.91. The molecule has 0 radical (unpaired) electrons. The van der Waals surface area contributed by atoms with Gasteiger partial charge in [0.25, 0.3) is 5.91 Å². The number of carbonyl (C=O) groups excluding carboxylic acids is 1. The fourth-order valence-corrected chi connectivity index (χ4v) is 3.14. The normalized spacial score (nSPS) is 10.4. The lowest BCUT2D eigenvalue weighted by atomic mass is 10.1. The van der Waals surface area contributed by atoms with E-state index in [1.165, 1.54) is 14.2 Å². The highest BCUT2D eigenvalue weighted by Crippen LogP contribution is 2.32. The number of anilines is 1. The summed E-state index contributed by atoms with van der Waals surface area (Å²) < 4.78 is 15.9. The lowest BCUT2D eigenvalue weighted by Crippen LogP contribution is -2.34. The number of amides is 1. The SMILES string of the molecule is COc1ccc(C(=O)NC(=S)Nc2ccc(Cl)c(-c3ccc(CO)o3)c2)cc1OC. The van der Waals surface area contributed by atoms with Crippen molar-refractivity contribution >= 4 is 40.5 Å². The molecule has 3 N–H and O–H groups in total. The molecule has 3 aromatic rings. The average Bonchev–Trinajstić information content (AvgIpc) is 3.23. The number of halogens is 1. The monoisotopic (exact) mass is 446 g/mol. The van der Waals surface area contributed by atoms with Gasteiger partial charge in [-0.25, -0.2) is 0 Å². The molecule has 0 aliphatic rings. The van der Waals surface area contributed by atoms with Gasteiger partial charge < -0.3 is 24.3 Å². The van der Waals surface area contributed by atoms with Gasteiger partial charge in [0.2, 0.25) is 0 Å². The van der Waals surface area contributed by atoms with Gasteiger partial charge in [-0.3, -0.25) is 10.1 Å². The maximum atomic E-state index is 12.5. The fourth-order valence-electron chi connectivity index (χ4n) is 2.71. The number of hydrogen-bond acceptors (Lipinski definition) is 6. The van der Waals surface area contributed by atoms with Gasteiger partial charge in [0.15, 0.2) is 16.6 Å². The van der Waals surface area contributed by atoms with E-state index in [0.717, 1.165) is 0 Å². The molecule has 0 atom stereocenters. The Morgan fingerprint density at radius 1 is 1.10 bits per heavy atom. The van der Waals surface area contributed by atoms with Crippen LogP contribution in [0.1, 0.15) is 16.1 Å². The summed E-state index contributed by atoms with van der Waals surface area (Å²) in [5.41, 5.74) is 1.59. The van der Waals surface area contributed by atoms with E-state index in [-0.39, 0.29) is 11.7 Å². The van der Waals surface area contributed by atoms with Crippen molar-refractivity contribution in [3.05, 3.63) is 64.9 Å². The number of hydrogen-bond donors (Lipinski definition) is 3. The molecule has 0 saturated heterocycles. The largest absolute Gasteiger partial charge is 0.493 e. The lowest BCUT2D eigenvalue weighted by molar-refractivity contribution is 0.0977. The molecule has 1 amide bonds. The smallest absolute Gasteiger partial charge is 0.257 e. The van der Waals surface area contributed by atoms with Crippen molar-refractivity contribution < 1.29 is 23.8 Å². The Morgan fingerprint density at radius 3 is 2.53 bits per heavy atom. The van der Waals surface area contributed by atoms with E-state index in [0.29, 0.717) is 44.9 Å². The zero-order chi connectivity index (χ0) is 21.7. The van der Waals surface area contributed by atoms with Crippen LogP contribution in [0.15, 0.2) is 52.9 Å². The van der Waals surface area contributed by atoms with Crippen LogP contribution in [0.2, 0.25) is 5.02 Å². The van der Waals surface area contributed by atoms with Crippen LogP contribution in [-0.2, 0) is 6.61 Å². The van der Waals surface area contributed by atoms with E-state index in [1.807, 2.05) is 0 Å². The quantitative estimate of drug-likeness (QED) is 0.488. The topological polar surface area (TPSA) is 93.0 Å². The molecule has 0 bridgehead atoms. The number of aliphatic hydroxyl groups is 1.